The third kappa shape index (κ3) is 9.30. The molecule has 0 fully saturated rings. The third-order valence-corrected chi connectivity index (χ3v) is 7.19. The molecule has 0 spiro atoms. The Labute approximate surface area is 240 Å². The molecule has 218 valence electrons. The van der Waals surface area contributed by atoms with E-state index in [9.17, 15) is 14.4 Å². The molecule has 4 N–H and O–H groups in total. The maximum atomic E-state index is 13.4. The van der Waals surface area contributed by atoms with Gasteiger partial charge in [0, 0.05) is 30.1 Å². The lowest BCUT2D eigenvalue weighted by Gasteiger charge is -2.24. The normalized spacial score (nSPS) is 20.1. The molecule has 2 aromatic carbocycles. The number of aromatic nitrogens is 1. The smallest absolute Gasteiger partial charge is 0.309 e. The highest BCUT2D eigenvalue weighted by molar-refractivity contribution is 5.86. The van der Waals surface area contributed by atoms with E-state index < -0.39 is 12.0 Å². The van der Waals surface area contributed by atoms with E-state index in [-0.39, 0.29) is 56.5 Å². The van der Waals surface area contributed by atoms with Crippen molar-refractivity contribution in [2.24, 2.45) is 11.8 Å². The Morgan fingerprint density at radius 1 is 0.976 bits per heavy atom. The number of rotatable bonds is 11. The van der Waals surface area contributed by atoms with Crippen molar-refractivity contribution < 1.29 is 29.0 Å². The predicted molar refractivity (Wildman–Crippen MR) is 156 cm³/mol. The average Bonchev–Trinajstić information content (AvgIpc) is 3.39. The van der Waals surface area contributed by atoms with Crippen molar-refractivity contribution in [2.45, 2.75) is 38.1 Å². The largest absolute Gasteiger partial charge is 0.463 e. The van der Waals surface area contributed by atoms with Gasteiger partial charge in [0.2, 0.25) is 11.8 Å². The zero-order chi connectivity index (χ0) is 28.9. The van der Waals surface area contributed by atoms with E-state index in [1.54, 1.807) is 0 Å². The summed E-state index contributed by atoms with van der Waals surface area (Å²) in [4.78, 5) is 42.6. The first-order valence-electron chi connectivity index (χ1n) is 14.2. The lowest BCUT2D eigenvalue weighted by molar-refractivity contribution is -0.150. The maximum absolute atomic E-state index is 13.4. The molecule has 0 saturated carbocycles. The molecule has 1 aliphatic rings. The summed E-state index contributed by atoms with van der Waals surface area (Å²) in [6.45, 7) is 0.733. The van der Waals surface area contributed by atoms with Gasteiger partial charge in [-0.15, -0.1) is 0 Å². The number of carbonyl (C=O) groups is 3. The fourth-order valence-electron chi connectivity index (χ4n) is 5.03. The molecule has 3 aromatic rings. The molecular formula is C32H39N3O6. The van der Waals surface area contributed by atoms with Crippen LogP contribution in [0.1, 0.15) is 30.4 Å². The molecule has 2 heterocycles. The summed E-state index contributed by atoms with van der Waals surface area (Å²) in [6, 6.07) is 17.3. The van der Waals surface area contributed by atoms with E-state index >= 15 is 0 Å². The Balaban J connectivity index is 1.50. The highest BCUT2D eigenvalue weighted by Crippen LogP contribution is 2.22. The second kappa shape index (κ2) is 15.7. The summed E-state index contributed by atoms with van der Waals surface area (Å²) in [6.07, 6.45) is 7.57. The number of allylic oxidation sites excluding steroid dienone is 2. The number of esters is 1. The van der Waals surface area contributed by atoms with Gasteiger partial charge < -0.3 is 30.2 Å². The van der Waals surface area contributed by atoms with E-state index in [4.69, 9.17) is 14.6 Å². The average molecular weight is 562 g/mol. The van der Waals surface area contributed by atoms with Crippen LogP contribution in [0.5, 0.6) is 0 Å². The lowest BCUT2D eigenvalue weighted by Crippen LogP contribution is -2.44. The van der Waals surface area contributed by atoms with Crippen molar-refractivity contribution in [2.75, 3.05) is 33.0 Å². The molecule has 0 bridgehead atoms. The Bertz CT molecular complexity index is 1310. The number of benzene rings is 2. The number of cyclic esters (lactones) is 1. The topological polar surface area (TPSA) is 130 Å². The highest BCUT2D eigenvalue weighted by Gasteiger charge is 2.27. The van der Waals surface area contributed by atoms with E-state index in [0.29, 0.717) is 32.2 Å². The molecule has 0 saturated heterocycles. The highest BCUT2D eigenvalue weighted by atomic mass is 16.5. The van der Waals surface area contributed by atoms with E-state index in [0.717, 1.165) is 22.0 Å². The number of amides is 2. The second-order valence-corrected chi connectivity index (χ2v) is 10.3. The SMILES string of the molecule is O=C(CC1CC=CCC(Cc2ccccc2)C(=O)OCC(Cc2c[nH]c3ccccc23)NC1=O)NCCOCCO. The molecule has 9 nitrogen and oxygen atoms in total. The van der Waals surface area contributed by atoms with Crippen LogP contribution in [-0.2, 0) is 36.7 Å². The Hall–Kier alpha value is -3.95. The van der Waals surface area contributed by atoms with Crippen LogP contribution < -0.4 is 10.6 Å². The number of hydrogen-bond acceptors (Lipinski definition) is 6. The van der Waals surface area contributed by atoms with Crippen molar-refractivity contribution in [1.29, 1.82) is 0 Å². The number of ether oxygens (including phenoxy) is 2. The van der Waals surface area contributed by atoms with Gasteiger partial charge in [0.25, 0.3) is 0 Å². The minimum absolute atomic E-state index is 0.0171. The molecule has 4 rings (SSSR count). The summed E-state index contributed by atoms with van der Waals surface area (Å²) in [5.41, 5.74) is 3.05. The molecule has 1 aromatic heterocycles. The first kappa shape index (κ1) is 30.0. The molecule has 1 aliphatic heterocycles. The Morgan fingerprint density at radius 2 is 1.73 bits per heavy atom. The molecule has 2 amide bonds. The first-order chi connectivity index (χ1) is 20.0. The van der Waals surface area contributed by atoms with Crippen molar-refractivity contribution in [3.05, 3.63) is 84.1 Å². The standard InChI is InChI=1S/C32H39N3O6/c36-15-17-40-16-14-33-30(37)20-24-10-4-5-11-25(18-23-8-2-1-3-9-23)32(39)41-22-27(35-31(24)38)19-26-21-34-29-13-7-6-12-28(26)29/h1-9,12-13,21,24-25,27,34,36H,10-11,14-20,22H2,(H,33,37)(H,35,38). The molecule has 3 unspecified atom stereocenters. The number of aromatic amines is 1. The van der Waals surface area contributed by atoms with Crippen LogP contribution >= 0.6 is 0 Å². The van der Waals surface area contributed by atoms with Crippen molar-refractivity contribution in [1.82, 2.24) is 15.6 Å². The van der Waals surface area contributed by atoms with Crippen LogP contribution in [0.4, 0.5) is 0 Å². The van der Waals surface area contributed by atoms with Crippen LogP contribution in [0.3, 0.4) is 0 Å². The van der Waals surface area contributed by atoms with E-state index in [2.05, 4.69) is 15.6 Å². The summed E-state index contributed by atoms with van der Waals surface area (Å²) >= 11 is 0. The Kier molecular flexibility index (Phi) is 11.5. The number of aliphatic hydroxyl groups excluding tert-OH is 1. The van der Waals surface area contributed by atoms with E-state index in [1.807, 2.05) is 72.9 Å². The zero-order valence-electron chi connectivity index (χ0n) is 23.2. The lowest BCUT2D eigenvalue weighted by atomic mass is 9.94. The van der Waals surface area contributed by atoms with Gasteiger partial charge in [-0.3, -0.25) is 14.4 Å². The van der Waals surface area contributed by atoms with Gasteiger partial charge in [0.05, 0.1) is 37.7 Å². The maximum Gasteiger partial charge on any atom is 0.309 e. The predicted octanol–water partition coefficient (Wildman–Crippen LogP) is 3.08. The number of carbonyl (C=O) groups excluding carboxylic acids is 3. The summed E-state index contributed by atoms with van der Waals surface area (Å²) in [7, 11) is 0. The Morgan fingerprint density at radius 3 is 2.54 bits per heavy atom. The van der Waals surface area contributed by atoms with Gasteiger partial charge in [-0.2, -0.15) is 0 Å². The summed E-state index contributed by atoms with van der Waals surface area (Å²) < 4.78 is 11.0. The minimum atomic E-state index is -0.585. The van der Waals surface area contributed by atoms with Gasteiger partial charge in [-0.1, -0.05) is 60.7 Å². The van der Waals surface area contributed by atoms with Crippen LogP contribution in [0.2, 0.25) is 0 Å². The summed E-state index contributed by atoms with van der Waals surface area (Å²) in [5.74, 6) is -1.75. The van der Waals surface area contributed by atoms with Crippen molar-refractivity contribution >= 4 is 28.7 Å². The molecule has 9 heteroatoms. The van der Waals surface area contributed by atoms with Gasteiger partial charge in [-0.25, -0.2) is 0 Å². The first-order valence-corrected chi connectivity index (χ1v) is 14.2. The van der Waals surface area contributed by atoms with E-state index in [1.165, 1.54) is 0 Å². The summed E-state index contributed by atoms with van der Waals surface area (Å²) in [5, 5.41) is 15.7. The number of fused-ring (bicyclic) bond motifs is 1. The number of nitrogens with one attached hydrogen (secondary N) is 3. The molecule has 41 heavy (non-hydrogen) atoms. The van der Waals surface area contributed by atoms with Crippen LogP contribution in [0.25, 0.3) is 10.9 Å². The van der Waals surface area contributed by atoms with Gasteiger partial charge in [0.1, 0.15) is 6.61 Å². The van der Waals surface area contributed by atoms with Crippen LogP contribution in [0.15, 0.2) is 72.9 Å². The van der Waals surface area contributed by atoms with Crippen LogP contribution in [-0.4, -0.2) is 66.9 Å². The number of para-hydroxylation sites is 1. The number of hydrogen-bond donors (Lipinski definition) is 4. The fourth-order valence-corrected chi connectivity index (χ4v) is 5.03. The minimum Gasteiger partial charge on any atom is -0.463 e. The number of aliphatic hydroxyl groups is 1. The van der Waals surface area contributed by atoms with Gasteiger partial charge >= 0.3 is 5.97 Å². The molecule has 0 aliphatic carbocycles. The van der Waals surface area contributed by atoms with Gasteiger partial charge in [0.15, 0.2) is 0 Å². The quantitative estimate of drug-likeness (QED) is 0.162. The zero-order valence-corrected chi connectivity index (χ0v) is 23.2. The van der Waals surface area contributed by atoms with Crippen molar-refractivity contribution in [3.8, 4) is 0 Å². The third-order valence-electron chi connectivity index (χ3n) is 7.19. The monoisotopic (exact) mass is 561 g/mol. The second-order valence-electron chi connectivity index (χ2n) is 10.3. The van der Waals surface area contributed by atoms with Crippen LogP contribution in [0, 0.1) is 11.8 Å². The number of H-pyrrole nitrogens is 1. The fraction of sp³-hybridized carbons (Fsp3) is 0.406. The molecular weight excluding hydrogens is 522 g/mol. The van der Waals surface area contributed by atoms with Crippen molar-refractivity contribution in [3.63, 3.8) is 0 Å². The molecule has 0 radical (unpaired) electrons. The van der Waals surface area contributed by atoms with Gasteiger partial charge in [-0.05, 0) is 42.9 Å². The molecule has 3 atom stereocenters.